The van der Waals surface area contributed by atoms with Crippen molar-refractivity contribution in [2.45, 2.75) is 18.2 Å². The summed E-state index contributed by atoms with van der Waals surface area (Å²) in [5.41, 5.74) is 0.713. The Balaban J connectivity index is 1.88. The Bertz CT molecular complexity index is 857. The van der Waals surface area contributed by atoms with Crippen molar-refractivity contribution in [3.63, 3.8) is 0 Å². The van der Waals surface area contributed by atoms with Gasteiger partial charge in [0, 0.05) is 17.7 Å². The molecule has 1 aromatic heterocycles. The zero-order valence-corrected chi connectivity index (χ0v) is 15.6. The standard InChI is InChI=1S/C17H19NO5S2/c1-12-5-6-14(25(2,21)22)10-15(12)17(20)23-11-16(19)18-8-7-13-4-3-9-24-13/h3-6,9-10H,7-8,11H2,1-2H3,(H,18,19). The Kier molecular flexibility index (Phi) is 6.33. The zero-order chi connectivity index (χ0) is 18.4. The summed E-state index contributed by atoms with van der Waals surface area (Å²) >= 11 is 1.61. The van der Waals surface area contributed by atoms with Gasteiger partial charge in [0.1, 0.15) is 0 Å². The quantitative estimate of drug-likeness (QED) is 0.741. The number of hydrogen-bond donors (Lipinski definition) is 1. The summed E-state index contributed by atoms with van der Waals surface area (Å²) in [5, 5.41) is 4.64. The molecule has 6 nitrogen and oxygen atoms in total. The second-order valence-corrected chi connectivity index (χ2v) is 8.55. The van der Waals surface area contributed by atoms with Crippen molar-refractivity contribution < 1.29 is 22.7 Å². The van der Waals surface area contributed by atoms with E-state index in [1.54, 1.807) is 18.3 Å². The van der Waals surface area contributed by atoms with Gasteiger partial charge in [-0.15, -0.1) is 11.3 Å². The molecule has 134 valence electrons. The van der Waals surface area contributed by atoms with Crippen LogP contribution < -0.4 is 5.32 Å². The van der Waals surface area contributed by atoms with E-state index >= 15 is 0 Å². The SMILES string of the molecule is Cc1ccc(S(C)(=O)=O)cc1C(=O)OCC(=O)NCCc1cccs1. The molecule has 0 aliphatic rings. The first kappa shape index (κ1) is 19.1. The van der Waals surface area contributed by atoms with Gasteiger partial charge in [-0.1, -0.05) is 12.1 Å². The molecule has 1 N–H and O–H groups in total. The fraction of sp³-hybridized carbons (Fsp3) is 0.294. The lowest BCUT2D eigenvalue weighted by Crippen LogP contribution is -2.30. The predicted octanol–water partition coefficient (Wildman–Crippen LogP) is 1.98. The lowest BCUT2D eigenvalue weighted by atomic mass is 10.1. The highest BCUT2D eigenvalue weighted by Crippen LogP contribution is 2.16. The smallest absolute Gasteiger partial charge is 0.338 e. The second kappa shape index (κ2) is 8.26. The third kappa shape index (κ3) is 5.68. The van der Waals surface area contributed by atoms with Crippen LogP contribution in [0.25, 0.3) is 0 Å². The van der Waals surface area contributed by atoms with E-state index in [1.165, 1.54) is 18.2 Å². The average molecular weight is 381 g/mol. The Labute approximate surface area is 150 Å². The number of rotatable bonds is 7. The number of hydrogen-bond acceptors (Lipinski definition) is 6. The average Bonchev–Trinajstić information content (AvgIpc) is 3.05. The molecule has 0 aliphatic heterocycles. The van der Waals surface area contributed by atoms with Crippen molar-refractivity contribution in [1.82, 2.24) is 5.32 Å². The van der Waals surface area contributed by atoms with E-state index in [4.69, 9.17) is 4.74 Å². The lowest BCUT2D eigenvalue weighted by Gasteiger charge is -2.09. The minimum Gasteiger partial charge on any atom is -0.452 e. The Morgan fingerprint density at radius 2 is 2.00 bits per heavy atom. The van der Waals surface area contributed by atoms with Crippen LogP contribution in [-0.4, -0.2) is 39.7 Å². The van der Waals surface area contributed by atoms with Crippen LogP contribution in [0.2, 0.25) is 0 Å². The molecule has 0 saturated heterocycles. The fourth-order valence-electron chi connectivity index (χ4n) is 2.09. The van der Waals surface area contributed by atoms with Gasteiger partial charge in [-0.05, 0) is 42.5 Å². The first-order chi connectivity index (χ1) is 11.8. The minimum atomic E-state index is -3.43. The molecule has 1 heterocycles. The molecule has 0 radical (unpaired) electrons. The van der Waals surface area contributed by atoms with Gasteiger partial charge in [-0.3, -0.25) is 4.79 Å². The molecule has 2 aromatic rings. The van der Waals surface area contributed by atoms with Gasteiger partial charge >= 0.3 is 5.97 Å². The molecule has 0 saturated carbocycles. The van der Waals surface area contributed by atoms with Crippen molar-refractivity contribution in [1.29, 1.82) is 0 Å². The van der Waals surface area contributed by atoms with Gasteiger partial charge in [0.05, 0.1) is 10.5 Å². The van der Waals surface area contributed by atoms with E-state index < -0.39 is 28.3 Å². The van der Waals surface area contributed by atoms with E-state index in [0.29, 0.717) is 18.5 Å². The summed E-state index contributed by atoms with van der Waals surface area (Å²) in [6.45, 7) is 1.72. The summed E-state index contributed by atoms with van der Waals surface area (Å²) in [4.78, 5) is 25.0. The van der Waals surface area contributed by atoms with Crippen LogP contribution in [0.3, 0.4) is 0 Å². The van der Waals surface area contributed by atoms with Gasteiger partial charge in [0.15, 0.2) is 16.4 Å². The first-order valence-corrected chi connectivity index (χ1v) is 10.3. The lowest BCUT2D eigenvalue weighted by molar-refractivity contribution is -0.124. The van der Waals surface area contributed by atoms with Crippen LogP contribution in [0.5, 0.6) is 0 Å². The Hall–Kier alpha value is -2.19. The van der Waals surface area contributed by atoms with Crippen molar-refractivity contribution in [3.05, 3.63) is 51.7 Å². The molecule has 0 bridgehead atoms. The normalized spacial score (nSPS) is 11.1. The number of sulfone groups is 1. The number of carbonyl (C=O) groups excluding carboxylic acids is 2. The molecule has 0 spiro atoms. The van der Waals surface area contributed by atoms with Crippen LogP contribution >= 0.6 is 11.3 Å². The van der Waals surface area contributed by atoms with Crippen molar-refractivity contribution in [3.8, 4) is 0 Å². The topological polar surface area (TPSA) is 89.5 Å². The van der Waals surface area contributed by atoms with Gasteiger partial charge < -0.3 is 10.1 Å². The molecule has 2 rings (SSSR count). The zero-order valence-electron chi connectivity index (χ0n) is 13.9. The molecule has 1 aromatic carbocycles. The van der Waals surface area contributed by atoms with Crippen molar-refractivity contribution in [2.24, 2.45) is 0 Å². The Morgan fingerprint density at radius 1 is 1.24 bits per heavy atom. The highest BCUT2D eigenvalue weighted by molar-refractivity contribution is 7.90. The van der Waals surface area contributed by atoms with E-state index in [0.717, 1.165) is 11.1 Å². The third-order valence-electron chi connectivity index (χ3n) is 3.47. The second-order valence-electron chi connectivity index (χ2n) is 5.50. The molecular formula is C17H19NO5S2. The molecule has 0 unspecified atom stereocenters. The molecule has 0 fully saturated rings. The fourth-order valence-corrected chi connectivity index (χ4v) is 3.45. The third-order valence-corrected chi connectivity index (χ3v) is 5.51. The number of esters is 1. The Morgan fingerprint density at radius 3 is 2.64 bits per heavy atom. The molecule has 0 aliphatic carbocycles. The van der Waals surface area contributed by atoms with Crippen LogP contribution in [0, 0.1) is 6.92 Å². The van der Waals surface area contributed by atoms with Gasteiger partial charge in [0.25, 0.3) is 5.91 Å². The maximum absolute atomic E-state index is 12.1. The summed E-state index contributed by atoms with van der Waals surface area (Å²) in [5.74, 6) is -1.13. The molecule has 0 atom stereocenters. The number of benzene rings is 1. The number of aryl methyl sites for hydroxylation is 1. The molecule has 1 amide bonds. The summed E-state index contributed by atoms with van der Waals surface area (Å²) < 4.78 is 28.2. The van der Waals surface area contributed by atoms with E-state index in [-0.39, 0.29) is 10.5 Å². The summed E-state index contributed by atoms with van der Waals surface area (Å²) in [6, 6.07) is 8.15. The number of ether oxygens (including phenoxy) is 1. The summed E-state index contributed by atoms with van der Waals surface area (Å²) in [7, 11) is -3.43. The van der Waals surface area contributed by atoms with Crippen LogP contribution in [-0.2, 0) is 25.8 Å². The molecule has 8 heteroatoms. The molecular weight excluding hydrogens is 362 g/mol. The maximum Gasteiger partial charge on any atom is 0.338 e. The van der Waals surface area contributed by atoms with Gasteiger partial charge in [-0.25, -0.2) is 13.2 Å². The van der Waals surface area contributed by atoms with E-state index in [9.17, 15) is 18.0 Å². The number of nitrogens with one attached hydrogen (secondary N) is 1. The summed E-state index contributed by atoms with van der Waals surface area (Å²) in [6.07, 6.45) is 1.78. The predicted molar refractivity (Wildman–Crippen MR) is 95.6 cm³/mol. The van der Waals surface area contributed by atoms with E-state index in [1.807, 2.05) is 17.5 Å². The van der Waals surface area contributed by atoms with Crippen LogP contribution in [0.1, 0.15) is 20.8 Å². The minimum absolute atomic E-state index is 0.0328. The van der Waals surface area contributed by atoms with Gasteiger partial charge in [-0.2, -0.15) is 0 Å². The monoisotopic (exact) mass is 381 g/mol. The maximum atomic E-state index is 12.1. The van der Waals surface area contributed by atoms with Gasteiger partial charge in [0.2, 0.25) is 0 Å². The highest BCUT2D eigenvalue weighted by Gasteiger charge is 2.16. The van der Waals surface area contributed by atoms with Crippen LogP contribution in [0.15, 0.2) is 40.6 Å². The van der Waals surface area contributed by atoms with E-state index in [2.05, 4.69) is 5.32 Å². The highest BCUT2D eigenvalue weighted by atomic mass is 32.2. The largest absolute Gasteiger partial charge is 0.452 e. The first-order valence-electron chi connectivity index (χ1n) is 7.54. The van der Waals surface area contributed by atoms with Crippen LogP contribution in [0.4, 0.5) is 0 Å². The number of thiophene rings is 1. The van der Waals surface area contributed by atoms with Crippen molar-refractivity contribution >= 4 is 33.1 Å². The van der Waals surface area contributed by atoms with Crippen molar-refractivity contribution in [2.75, 3.05) is 19.4 Å². The molecule has 25 heavy (non-hydrogen) atoms. The number of carbonyl (C=O) groups is 2. The number of amides is 1.